The minimum Gasteiger partial charge on any atom is -0.265 e. The fraction of sp³-hybridized carbons (Fsp3) is 0.333. The second-order valence-corrected chi connectivity index (χ2v) is 8.96. The molecule has 0 saturated carbocycles. The predicted molar refractivity (Wildman–Crippen MR) is 96.2 cm³/mol. The molecular weight excluding hydrogens is 376 g/mol. The lowest BCUT2D eigenvalue weighted by Gasteiger charge is -2.25. The van der Waals surface area contributed by atoms with E-state index < -0.39 is 15.5 Å². The summed E-state index contributed by atoms with van der Waals surface area (Å²) in [4.78, 5) is 0.164. The first kappa shape index (κ1) is 18.2. The Balaban J connectivity index is 2.19. The number of benzene rings is 2. The zero-order chi connectivity index (χ0) is 17.3. The molecule has 0 aromatic heterocycles. The number of rotatable bonds is 5. The van der Waals surface area contributed by atoms with E-state index in [0.717, 1.165) is 21.2 Å². The van der Waals surface area contributed by atoms with Crippen LogP contribution in [0, 0.1) is 13.8 Å². The van der Waals surface area contributed by atoms with Gasteiger partial charge in [-0.25, -0.2) is 0 Å². The molecule has 0 heterocycles. The van der Waals surface area contributed by atoms with Gasteiger partial charge in [0.05, 0.1) is 11.5 Å². The molecule has 0 fully saturated rings. The Bertz CT molecular complexity index is 773. The van der Waals surface area contributed by atoms with E-state index in [0.29, 0.717) is 0 Å². The van der Waals surface area contributed by atoms with Crippen LogP contribution in [0.5, 0.6) is 0 Å². The zero-order valence-corrected chi connectivity index (χ0v) is 16.2. The highest BCUT2D eigenvalue weighted by atomic mass is 79.9. The number of hydrogen-bond donors (Lipinski definition) is 0. The lowest BCUT2D eigenvalue weighted by atomic mass is 9.84. The summed E-state index contributed by atoms with van der Waals surface area (Å²) in [5.74, 6) is 0. The van der Waals surface area contributed by atoms with Crippen molar-refractivity contribution in [3.63, 3.8) is 0 Å². The molecule has 0 aliphatic rings. The standard InChI is InChI=1S/C18H21BrO3S/c1-13-9-14(2)11-15(10-13)18(3,4)12-22-23(20,21)17-7-5-16(19)6-8-17/h5-11H,12H2,1-4H3. The van der Waals surface area contributed by atoms with E-state index >= 15 is 0 Å². The van der Waals surface area contributed by atoms with Crippen LogP contribution in [-0.2, 0) is 19.7 Å². The normalized spacial score (nSPS) is 12.4. The third-order valence-electron chi connectivity index (χ3n) is 3.68. The summed E-state index contributed by atoms with van der Waals surface area (Å²) in [6, 6.07) is 12.7. The Hall–Kier alpha value is -1.17. The molecule has 0 radical (unpaired) electrons. The lowest BCUT2D eigenvalue weighted by Crippen LogP contribution is -2.26. The molecule has 23 heavy (non-hydrogen) atoms. The zero-order valence-electron chi connectivity index (χ0n) is 13.8. The first-order valence-electron chi connectivity index (χ1n) is 7.34. The van der Waals surface area contributed by atoms with Crippen molar-refractivity contribution >= 4 is 26.0 Å². The van der Waals surface area contributed by atoms with E-state index in [9.17, 15) is 8.42 Å². The van der Waals surface area contributed by atoms with Gasteiger partial charge in [0, 0.05) is 9.89 Å². The first-order valence-corrected chi connectivity index (χ1v) is 9.54. The summed E-state index contributed by atoms with van der Waals surface area (Å²) in [7, 11) is -3.76. The van der Waals surface area contributed by atoms with Crippen LogP contribution >= 0.6 is 15.9 Å². The Kier molecular flexibility index (Phi) is 5.33. The summed E-state index contributed by atoms with van der Waals surface area (Å²) in [6.07, 6.45) is 0. The monoisotopic (exact) mass is 396 g/mol. The highest BCUT2D eigenvalue weighted by Gasteiger charge is 2.26. The van der Waals surface area contributed by atoms with Gasteiger partial charge in [0.15, 0.2) is 0 Å². The topological polar surface area (TPSA) is 43.4 Å². The molecule has 3 nitrogen and oxygen atoms in total. The molecule has 0 saturated heterocycles. The molecule has 124 valence electrons. The maximum absolute atomic E-state index is 12.3. The Labute approximate surface area is 146 Å². The molecule has 0 aliphatic carbocycles. The molecule has 0 spiro atoms. The van der Waals surface area contributed by atoms with Crippen LogP contribution in [0.15, 0.2) is 51.8 Å². The van der Waals surface area contributed by atoms with Gasteiger partial charge in [-0.3, -0.25) is 4.18 Å². The highest BCUT2D eigenvalue weighted by molar-refractivity contribution is 9.10. The number of aryl methyl sites for hydroxylation is 2. The molecule has 0 unspecified atom stereocenters. The second kappa shape index (κ2) is 6.75. The quantitative estimate of drug-likeness (QED) is 0.684. The molecule has 0 aliphatic heterocycles. The van der Waals surface area contributed by atoms with Crippen LogP contribution < -0.4 is 0 Å². The number of hydrogen-bond acceptors (Lipinski definition) is 3. The van der Waals surface area contributed by atoms with Crippen molar-refractivity contribution in [1.29, 1.82) is 0 Å². The van der Waals surface area contributed by atoms with E-state index in [1.165, 1.54) is 12.1 Å². The van der Waals surface area contributed by atoms with E-state index in [-0.39, 0.29) is 11.5 Å². The van der Waals surface area contributed by atoms with Gasteiger partial charge in [0.25, 0.3) is 10.1 Å². The third kappa shape index (κ3) is 4.66. The van der Waals surface area contributed by atoms with Crippen molar-refractivity contribution in [2.24, 2.45) is 0 Å². The fourth-order valence-corrected chi connectivity index (χ4v) is 3.66. The Morgan fingerprint density at radius 1 is 1.00 bits per heavy atom. The maximum Gasteiger partial charge on any atom is 0.297 e. The van der Waals surface area contributed by atoms with Crippen LogP contribution in [0.2, 0.25) is 0 Å². The van der Waals surface area contributed by atoms with E-state index in [1.54, 1.807) is 12.1 Å². The molecule has 2 aromatic carbocycles. The van der Waals surface area contributed by atoms with Crippen molar-refractivity contribution in [2.45, 2.75) is 38.0 Å². The molecule has 0 amide bonds. The van der Waals surface area contributed by atoms with Crippen LogP contribution in [0.4, 0.5) is 0 Å². The van der Waals surface area contributed by atoms with Crippen molar-refractivity contribution in [3.8, 4) is 0 Å². The van der Waals surface area contributed by atoms with Gasteiger partial charge < -0.3 is 0 Å². The van der Waals surface area contributed by atoms with Gasteiger partial charge in [0.2, 0.25) is 0 Å². The van der Waals surface area contributed by atoms with Gasteiger partial charge in [-0.05, 0) is 43.7 Å². The Morgan fingerprint density at radius 2 is 1.52 bits per heavy atom. The third-order valence-corrected chi connectivity index (χ3v) is 5.49. The van der Waals surface area contributed by atoms with Gasteiger partial charge in [-0.2, -0.15) is 8.42 Å². The molecule has 0 bridgehead atoms. The molecule has 0 atom stereocenters. The smallest absolute Gasteiger partial charge is 0.265 e. The van der Waals surface area contributed by atoms with Crippen LogP contribution in [0.3, 0.4) is 0 Å². The molecule has 2 aromatic rings. The van der Waals surface area contributed by atoms with Crippen molar-refractivity contribution in [1.82, 2.24) is 0 Å². The summed E-state index contributed by atoms with van der Waals surface area (Å²) in [6.45, 7) is 8.13. The second-order valence-electron chi connectivity index (χ2n) is 6.43. The van der Waals surface area contributed by atoms with Crippen LogP contribution in [0.1, 0.15) is 30.5 Å². The van der Waals surface area contributed by atoms with Gasteiger partial charge >= 0.3 is 0 Å². The first-order chi connectivity index (χ1) is 10.6. The Morgan fingerprint density at radius 3 is 2.04 bits per heavy atom. The van der Waals surface area contributed by atoms with Crippen molar-refractivity contribution < 1.29 is 12.6 Å². The fourth-order valence-electron chi connectivity index (χ4n) is 2.34. The predicted octanol–water partition coefficient (Wildman–Crippen LogP) is 4.75. The van der Waals surface area contributed by atoms with Crippen LogP contribution in [0.25, 0.3) is 0 Å². The van der Waals surface area contributed by atoms with Crippen LogP contribution in [-0.4, -0.2) is 15.0 Å². The van der Waals surface area contributed by atoms with E-state index in [2.05, 4.69) is 34.1 Å². The van der Waals surface area contributed by atoms with E-state index in [4.69, 9.17) is 4.18 Å². The van der Waals surface area contributed by atoms with Gasteiger partial charge in [-0.1, -0.05) is 59.1 Å². The van der Waals surface area contributed by atoms with Gasteiger partial charge in [0.1, 0.15) is 0 Å². The number of halogens is 1. The molecule has 5 heteroatoms. The lowest BCUT2D eigenvalue weighted by molar-refractivity contribution is 0.245. The van der Waals surface area contributed by atoms with Crippen molar-refractivity contribution in [2.75, 3.05) is 6.61 Å². The summed E-state index contributed by atoms with van der Waals surface area (Å²) in [5.41, 5.74) is 2.98. The summed E-state index contributed by atoms with van der Waals surface area (Å²) in [5, 5.41) is 0. The average Bonchev–Trinajstić information content (AvgIpc) is 2.45. The molecular formula is C18H21BrO3S. The largest absolute Gasteiger partial charge is 0.297 e. The summed E-state index contributed by atoms with van der Waals surface area (Å²) >= 11 is 3.29. The van der Waals surface area contributed by atoms with E-state index in [1.807, 2.05) is 27.7 Å². The minimum absolute atomic E-state index is 0.0916. The SMILES string of the molecule is Cc1cc(C)cc(C(C)(C)COS(=O)(=O)c2ccc(Br)cc2)c1. The van der Waals surface area contributed by atoms with Crippen molar-refractivity contribution in [3.05, 3.63) is 63.6 Å². The molecule has 0 N–H and O–H groups in total. The summed E-state index contributed by atoms with van der Waals surface area (Å²) < 4.78 is 30.8. The van der Waals surface area contributed by atoms with Gasteiger partial charge in [-0.15, -0.1) is 0 Å². The molecule has 2 rings (SSSR count). The highest BCUT2D eigenvalue weighted by Crippen LogP contribution is 2.27. The average molecular weight is 397 g/mol. The maximum atomic E-state index is 12.3. The minimum atomic E-state index is -3.76.